The maximum atomic E-state index is 12.8. The van der Waals surface area contributed by atoms with Crippen molar-refractivity contribution in [2.75, 3.05) is 13.2 Å². The van der Waals surface area contributed by atoms with Crippen molar-refractivity contribution in [3.05, 3.63) is 35.1 Å². The number of hydrogen-bond donors (Lipinski definition) is 3. The smallest absolute Gasteiger partial charge is 0.395 e. The number of benzene rings is 1. The number of urea groups is 1. The van der Waals surface area contributed by atoms with Crippen LogP contribution in [-0.4, -0.2) is 24.3 Å². The van der Waals surface area contributed by atoms with Crippen molar-refractivity contribution >= 4 is 6.03 Å². The summed E-state index contributed by atoms with van der Waals surface area (Å²) in [6.45, 7) is -0.689. The van der Waals surface area contributed by atoms with Gasteiger partial charge in [0.15, 0.2) is 0 Å². The number of carbonyl (C=O) groups is 1. The molecular formula is C11H12F4N2O2. The lowest BCUT2D eigenvalue weighted by Crippen LogP contribution is -2.36. The van der Waals surface area contributed by atoms with Crippen LogP contribution >= 0.6 is 0 Å². The Morgan fingerprint density at radius 1 is 1.26 bits per heavy atom. The largest absolute Gasteiger partial charge is 0.416 e. The van der Waals surface area contributed by atoms with Crippen LogP contribution in [0, 0.1) is 5.82 Å². The molecule has 0 atom stereocenters. The van der Waals surface area contributed by atoms with Gasteiger partial charge in [0.1, 0.15) is 5.82 Å². The van der Waals surface area contributed by atoms with E-state index in [1.807, 2.05) is 0 Å². The Kier molecular flexibility index (Phi) is 5.11. The summed E-state index contributed by atoms with van der Waals surface area (Å²) in [5.41, 5.74) is -1.37. The number of hydrogen-bond acceptors (Lipinski definition) is 2. The average Bonchev–Trinajstić information content (AvgIpc) is 2.33. The van der Waals surface area contributed by atoms with Crippen molar-refractivity contribution in [2.45, 2.75) is 12.7 Å². The van der Waals surface area contributed by atoms with Crippen LogP contribution in [0.15, 0.2) is 18.2 Å². The van der Waals surface area contributed by atoms with Crippen molar-refractivity contribution in [1.82, 2.24) is 10.6 Å². The number of aliphatic hydroxyl groups excluding tert-OH is 1. The van der Waals surface area contributed by atoms with Gasteiger partial charge in [-0.05, 0) is 17.7 Å². The fraction of sp³-hybridized carbons (Fsp3) is 0.364. The summed E-state index contributed by atoms with van der Waals surface area (Å²) in [5, 5.41) is 12.8. The zero-order valence-corrected chi connectivity index (χ0v) is 9.72. The minimum absolute atomic E-state index is 0.0125. The summed E-state index contributed by atoms with van der Waals surface area (Å²) in [5.74, 6) is -0.999. The van der Waals surface area contributed by atoms with Gasteiger partial charge >= 0.3 is 12.2 Å². The first-order valence-electron chi connectivity index (χ1n) is 5.32. The van der Waals surface area contributed by atoms with Gasteiger partial charge in [-0.1, -0.05) is 6.07 Å². The van der Waals surface area contributed by atoms with Gasteiger partial charge in [0.05, 0.1) is 12.2 Å². The van der Waals surface area contributed by atoms with Crippen molar-refractivity contribution in [1.29, 1.82) is 0 Å². The molecule has 106 valence electrons. The molecule has 0 radical (unpaired) electrons. The molecule has 0 aliphatic carbocycles. The summed E-state index contributed by atoms with van der Waals surface area (Å²) in [6.07, 6.45) is -4.69. The van der Waals surface area contributed by atoms with Crippen molar-refractivity contribution in [2.24, 2.45) is 0 Å². The Balaban J connectivity index is 2.76. The monoisotopic (exact) mass is 280 g/mol. The fourth-order valence-electron chi connectivity index (χ4n) is 1.37. The van der Waals surface area contributed by atoms with Crippen molar-refractivity contribution < 1.29 is 27.5 Å². The summed E-state index contributed by atoms with van der Waals surface area (Å²) in [7, 11) is 0. The third-order valence-corrected chi connectivity index (χ3v) is 2.21. The molecule has 0 spiro atoms. The zero-order chi connectivity index (χ0) is 14.5. The van der Waals surface area contributed by atoms with E-state index < -0.39 is 30.1 Å². The zero-order valence-electron chi connectivity index (χ0n) is 9.72. The first-order chi connectivity index (χ1) is 8.84. The summed E-state index contributed by atoms with van der Waals surface area (Å²) in [4.78, 5) is 11.1. The van der Waals surface area contributed by atoms with Gasteiger partial charge in [-0.2, -0.15) is 13.2 Å². The van der Waals surface area contributed by atoms with E-state index in [2.05, 4.69) is 10.6 Å². The van der Waals surface area contributed by atoms with Crippen LogP contribution in [0.4, 0.5) is 22.4 Å². The highest BCUT2D eigenvalue weighted by Crippen LogP contribution is 2.32. The van der Waals surface area contributed by atoms with E-state index in [1.54, 1.807) is 0 Å². The molecule has 2 amide bonds. The lowest BCUT2D eigenvalue weighted by molar-refractivity contribution is -0.138. The van der Waals surface area contributed by atoms with E-state index in [9.17, 15) is 22.4 Å². The Labute approximate surface area is 106 Å². The molecule has 0 aliphatic rings. The summed E-state index contributed by atoms with van der Waals surface area (Å²) in [6, 6.07) is 1.51. The Morgan fingerprint density at radius 2 is 1.95 bits per heavy atom. The van der Waals surface area contributed by atoms with Crippen LogP contribution in [0.3, 0.4) is 0 Å². The van der Waals surface area contributed by atoms with Crippen molar-refractivity contribution in [3.63, 3.8) is 0 Å². The fourth-order valence-corrected chi connectivity index (χ4v) is 1.37. The number of halogens is 4. The Morgan fingerprint density at radius 3 is 2.53 bits per heavy atom. The lowest BCUT2D eigenvalue weighted by atomic mass is 10.1. The molecule has 0 heterocycles. The maximum Gasteiger partial charge on any atom is 0.416 e. The Bertz CT molecular complexity index is 449. The molecule has 0 saturated carbocycles. The molecule has 0 fully saturated rings. The number of aliphatic hydroxyl groups is 1. The SMILES string of the molecule is O=C(NCCO)NCc1ccc(F)cc1C(F)(F)F. The molecule has 4 nitrogen and oxygen atoms in total. The van der Waals surface area contributed by atoms with Gasteiger partial charge < -0.3 is 15.7 Å². The lowest BCUT2D eigenvalue weighted by Gasteiger charge is -2.13. The Hall–Kier alpha value is -1.83. The molecule has 0 aromatic heterocycles. The van der Waals surface area contributed by atoms with Crippen LogP contribution < -0.4 is 10.6 Å². The highest BCUT2D eigenvalue weighted by Gasteiger charge is 2.33. The number of alkyl halides is 3. The molecule has 3 N–H and O–H groups in total. The average molecular weight is 280 g/mol. The van der Waals surface area contributed by atoms with Crippen LogP contribution in [0.25, 0.3) is 0 Å². The molecule has 0 aliphatic heterocycles. The molecule has 1 aromatic rings. The minimum atomic E-state index is -4.69. The molecule has 1 rings (SSSR count). The predicted molar refractivity (Wildman–Crippen MR) is 58.7 cm³/mol. The van der Waals surface area contributed by atoms with Gasteiger partial charge in [-0.25, -0.2) is 9.18 Å². The minimum Gasteiger partial charge on any atom is -0.395 e. The highest BCUT2D eigenvalue weighted by molar-refractivity contribution is 5.73. The molecule has 19 heavy (non-hydrogen) atoms. The predicted octanol–water partition coefficient (Wildman–Crippen LogP) is 1.64. The highest BCUT2D eigenvalue weighted by atomic mass is 19.4. The third kappa shape index (κ3) is 4.74. The van der Waals surface area contributed by atoms with E-state index in [4.69, 9.17) is 5.11 Å². The normalized spacial score (nSPS) is 11.2. The number of amides is 2. The van der Waals surface area contributed by atoms with Gasteiger partial charge in [-0.15, -0.1) is 0 Å². The van der Waals surface area contributed by atoms with Crippen LogP contribution in [0.1, 0.15) is 11.1 Å². The first kappa shape index (κ1) is 15.2. The van der Waals surface area contributed by atoms with Gasteiger partial charge in [0.25, 0.3) is 0 Å². The number of carbonyl (C=O) groups excluding carboxylic acids is 1. The second-order valence-electron chi connectivity index (χ2n) is 3.63. The van der Waals surface area contributed by atoms with Gasteiger partial charge in [0.2, 0.25) is 0 Å². The standard InChI is InChI=1S/C11H12F4N2O2/c12-8-2-1-7(9(5-8)11(13,14)15)6-17-10(19)16-3-4-18/h1-2,5,18H,3-4,6H2,(H2,16,17,19). The molecule has 8 heteroatoms. The second-order valence-corrected chi connectivity index (χ2v) is 3.63. The first-order valence-corrected chi connectivity index (χ1v) is 5.32. The van der Waals surface area contributed by atoms with Crippen LogP contribution in [0.5, 0.6) is 0 Å². The van der Waals surface area contributed by atoms with Gasteiger partial charge in [0, 0.05) is 13.1 Å². The summed E-state index contributed by atoms with van der Waals surface area (Å²) < 4.78 is 50.7. The van der Waals surface area contributed by atoms with Crippen LogP contribution in [0.2, 0.25) is 0 Å². The van der Waals surface area contributed by atoms with E-state index in [1.165, 1.54) is 0 Å². The molecular weight excluding hydrogens is 268 g/mol. The van der Waals surface area contributed by atoms with Gasteiger partial charge in [-0.3, -0.25) is 0 Å². The topological polar surface area (TPSA) is 61.4 Å². The number of nitrogens with one attached hydrogen (secondary N) is 2. The van der Waals surface area contributed by atoms with E-state index in [0.29, 0.717) is 6.07 Å². The van der Waals surface area contributed by atoms with Crippen molar-refractivity contribution in [3.8, 4) is 0 Å². The van der Waals surface area contributed by atoms with E-state index >= 15 is 0 Å². The van der Waals surface area contributed by atoms with E-state index in [-0.39, 0.29) is 18.7 Å². The second kappa shape index (κ2) is 6.37. The van der Waals surface area contributed by atoms with Crippen LogP contribution in [-0.2, 0) is 12.7 Å². The molecule has 1 aromatic carbocycles. The number of rotatable bonds is 4. The molecule has 0 bridgehead atoms. The quantitative estimate of drug-likeness (QED) is 0.734. The van der Waals surface area contributed by atoms with E-state index in [0.717, 1.165) is 12.1 Å². The molecule has 0 unspecified atom stereocenters. The third-order valence-electron chi connectivity index (χ3n) is 2.21. The maximum absolute atomic E-state index is 12.8. The summed E-state index contributed by atoms with van der Waals surface area (Å²) >= 11 is 0. The molecule has 0 saturated heterocycles.